The van der Waals surface area contributed by atoms with Gasteiger partial charge in [0, 0.05) is 4.47 Å². The Morgan fingerprint density at radius 3 is 2.32 bits per heavy atom. The van der Waals surface area contributed by atoms with E-state index in [4.69, 9.17) is 4.74 Å². The number of halogens is 3. The van der Waals surface area contributed by atoms with E-state index in [9.17, 15) is 4.79 Å². The lowest BCUT2D eigenvalue weighted by molar-refractivity contribution is -0.136. The molecule has 2 aromatic rings. The molecular formula is C18H12Br3NO3. The molecule has 0 aromatic heterocycles. The van der Waals surface area contributed by atoms with Gasteiger partial charge in [-0.3, -0.25) is 0 Å². The molecule has 0 amide bonds. The Labute approximate surface area is 170 Å². The Hall–Kier alpha value is -1.44. The predicted molar refractivity (Wildman–Crippen MR) is 107 cm³/mol. The van der Waals surface area contributed by atoms with Gasteiger partial charge in [0.2, 0.25) is 0 Å². The summed E-state index contributed by atoms with van der Waals surface area (Å²) in [5, 5.41) is 3.67. The molecule has 0 spiro atoms. The molecule has 128 valence electrons. The molecule has 0 fully saturated rings. The van der Waals surface area contributed by atoms with E-state index in [-0.39, 0.29) is 0 Å². The smallest absolute Gasteiger partial charge is 0.367 e. The molecule has 0 saturated carbocycles. The number of ether oxygens (including phenoxy) is 1. The summed E-state index contributed by atoms with van der Waals surface area (Å²) in [6.45, 7) is 2.18. The Kier molecular flexibility index (Phi) is 5.76. The third-order valence-corrected chi connectivity index (χ3v) is 5.21. The normalized spacial score (nSPS) is 15.3. The zero-order valence-electron chi connectivity index (χ0n) is 13.1. The van der Waals surface area contributed by atoms with Crippen LogP contribution in [0.4, 0.5) is 0 Å². The molecule has 0 aliphatic carbocycles. The van der Waals surface area contributed by atoms with Crippen molar-refractivity contribution in [3.63, 3.8) is 0 Å². The first kappa shape index (κ1) is 18.4. The second-order valence-corrected chi connectivity index (χ2v) is 7.97. The summed E-state index contributed by atoms with van der Waals surface area (Å²) in [7, 11) is 0. The third-order valence-electron chi connectivity index (χ3n) is 3.50. The average molecular weight is 530 g/mol. The molecule has 7 heteroatoms. The molecule has 2 aromatic carbocycles. The van der Waals surface area contributed by atoms with E-state index in [1.54, 1.807) is 13.0 Å². The topological polar surface area (TPSA) is 47.9 Å². The minimum absolute atomic E-state index is 0.444. The van der Waals surface area contributed by atoms with Crippen molar-refractivity contribution in [3.8, 4) is 5.75 Å². The van der Waals surface area contributed by atoms with Crippen LogP contribution in [0.2, 0.25) is 0 Å². The van der Waals surface area contributed by atoms with Crippen molar-refractivity contribution in [3.05, 3.63) is 66.5 Å². The van der Waals surface area contributed by atoms with Gasteiger partial charge in [-0.2, -0.15) is 0 Å². The van der Waals surface area contributed by atoms with E-state index < -0.39 is 5.97 Å². The van der Waals surface area contributed by atoms with E-state index in [0.29, 0.717) is 23.6 Å². The Morgan fingerprint density at radius 1 is 1.12 bits per heavy atom. The number of benzene rings is 2. The van der Waals surface area contributed by atoms with Crippen molar-refractivity contribution in [2.75, 3.05) is 0 Å². The van der Waals surface area contributed by atoms with Crippen LogP contribution in [-0.2, 0) is 16.2 Å². The summed E-state index contributed by atoms with van der Waals surface area (Å²) in [5.41, 5.74) is 2.90. The van der Waals surface area contributed by atoms with Crippen molar-refractivity contribution < 1.29 is 14.4 Å². The molecule has 0 bridgehead atoms. The van der Waals surface area contributed by atoms with Crippen LogP contribution in [-0.4, -0.2) is 11.7 Å². The Morgan fingerprint density at radius 2 is 1.76 bits per heavy atom. The number of oxime groups is 1. The number of rotatable bonds is 4. The lowest BCUT2D eigenvalue weighted by atomic mass is 10.1. The Bertz CT molecular complexity index is 866. The standard InChI is InChI=1S/C18H12Br3NO3/c1-10-14(18(23)25-22-10)6-12-7-15(20)17(16(21)8-12)24-9-11-2-4-13(19)5-3-11/h2-8H,9H2,1H3/b14-6-. The average Bonchev–Trinajstić information content (AvgIpc) is 2.88. The van der Waals surface area contributed by atoms with Gasteiger partial charge in [-0.05, 0) is 80.3 Å². The molecule has 1 aliphatic heterocycles. The number of hydrogen-bond donors (Lipinski definition) is 0. The number of carbonyl (C=O) groups is 1. The van der Waals surface area contributed by atoms with Gasteiger partial charge in [0.25, 0.3) is 0 Å². The maximum atomic E-state index is 11.7. The third kappa shape index (κ3) is 4.40. The van der Waals surface area contributed by atoms with Gasteiger partial charge in [0.05, 0.1) is 20.2 Å². The lowest BCUT2D eigenvalue weighted by Crippen LogP contribution is -2.02. The number of nitrogens with zero attached hydrogens (tertiary/aromatic N) is 1. The first-order valence-electron chi connectivity index (χ1n) is 7.28. The molecule has 0 radical (unpaired) electrons. The van der Waals surface area contributed by atoms with E-state index in [1.165, 1.54) is 0 Å². The Balaban J connectivity index is 1.81. The fraction of sp³-hybridized carbons (Fsp3) is 0.111. The van der Waals surface area contributed by atoms with Crippen LogP contribution < -0.4 is 4.74 Å². The molecule has 0 atom stereocenters. The van der Waals surface area contributed by atoms with Crippen molar-refractivity contribution in [2.24, 2.45) is 5.16 Å². The van der Waals surface area contributed by atoms with Crippen LogP contribution in [0.15, 0.2) is 60.5 Å². The van der Waals surface area contributed by atoms with E-state index in [1.807, 2.05) is 36.4 Å². The highest BCUT2D eigenvalue weighted by molar-refractivity contribution is 9.11. The maximum absolute atomic E-state index is 11.7. The summed E-state index contributed by atoms with van der Waals surface area (Å²) >= 11 is 10.5. The van der Waals surface area contributed by atoms with Crippen LogP contribution in [0.1, 0.15) is 18.1 Å². The van der Waals surface area contributed by atoms with Crippen LogP contribution in [0.3, 0.4) is 0 Å². The van der Waals surface area contributed by atoms with Crippen molar-refractivity contribution in [1.82, 2.24) is 0 Å². The van der Waals surface area contributed by atoms with Crippen LogP contribution in [0.25, 0.3) is 6.08 Å². The summed E-state index contributed by atoms with van der Waals surface area (Å²) in [6, 6.07) is 11.7. The zero-order chi connectivity index (χ0) is 18.0. The molecular weight excluding hydrogens is 518 g/mol. The second-order valence-electron chi connectivity index (χ2n) is 5.34. The minimum Gasteiger partial charge on any atom is -0.487 e. The van der Waals surface area contributed by atoms with E-state index >= 15 is 0 Å². The van der Waals surface area contributed by atoms with E-state index in [0.717, 1.165) is 24.5 Å². The lowest BCUT2D eigenvalue weighted by Gasteiger charge is -2.12. The summed E-state index contributed by atoms with van der Waals surface area (Å²) in [4.78, 5) is 16.3. The molecule has 0 unspecified atom stereocenters. The van der Waals surface area contributed by atoms with Gasteiger partial charge in [-0.25, -0.2) is 4.79 Å². The summed E-state index contributed by atoms with van der Waals surface area (Å²) < 4.78 is 8.51. The van der Waals surface area contributed by atoms with Crippen molar-refractivity contribution in [2.45, 2.75) is 13.5 Å². The fourth-order valence-corrected chi connectivity index (χ4v) is 3.94. The minimum atomic E-state index is -0.444. The molecule has 1 heterocycles. The maximum Gasteiger partial charge on any atom is 0.367 e. The first-order chi connectivity index (χ1) is 11.9. The van der Waals surface area contributed by atoms with Crippen molar-refractivity contribution >= 4 is 65.5 Å². The highest BCUT2D eigenvalue weighted by Crippen LogP contribution is 2.36. The highest BCUT2D eigenvalue weighted by Gasteiger charge is 2.22. The van der Waals surface area contributed by atoms with Gasteiger partial charge >= 0.3 is 5.97 Å². The van der Waals surface area contributed by atoms with Gasteiger partial charge in [-0.1, -0.05) is 33.2 Å². The van der Waals surface area contributed by atoms with Gasteiger partial charge in [0.15, 0.2) is 0 Å². The molecule has 0 saturated heterocycles. The SMILES string of the molecule is CC1=NOC(=O)/C1=C\c1cc(Br)c(OCc2ccc(Br)cc2)c(Br)c1. The van der Waals surface area contributed by atoms with Crippen molar-refractivity contribution in [1.29, 1.82) is 0 Å². The zero-order valence-corrected chi connectivity index (χ0v) is 17.8. The predicted octanol–water partition coefficient (Wildman–Crippen LogP) is 5.87. The number of carbonyl (C=O) groups excluding carboxylic acids is 1. The highest BCUT2D eigenvalue weighted by atomic mass is 79.9. The van der Waals surface area contributed by atoms with Crippen LogP contribution in [0.5, 0.6) is 5.75 Å². The van der Waals surface area contributed by atoms with Crippen LogP contribution >= 0.6 is 47.8 Å². The summed E-state index contributed by atoms with van der Waals surface area (Å²) in [6.07, 6.45) is 1.74. The largest absolute Gasteiger partial charge is 0.487 e. The van der Waals surface area contributed by atoms with Gasteiger partial charge in [0.1, 0.15) is 12.4 Å². The molecule has 3 rings (SSSR count). The molecule has 1 aliphatic rings. The second kappa shape index (κ2) is 7.85. The molecule has 25 heavy (non-hydrogen) atoms. The number of hydrogen-bond acceptors (Lipinski definition) is 4. The fourth-order valence-electron chi connectivity index (χ4n) is 2.22. The quantitative estimate of drug-likeness (QED) is 0.368. The summed E-state index contributed by atoms with van der Waals surface area (Å²) in [5.74, 6) is 0.254. The van der Waals surface area contributed by atoms with Gasteiger partial charge < -0.3 is 9.57 Å². The van der Waals surface area contributed by atoms with E-state index in [2.05, 4.69) is 57.8 Å². The molecule has 4 nitrogen and oxygen atoms in total. The monoisotopic (exact) mass is 527 g/mol. The first-order valence-corrected chi connectivity index (χ1v) is 9.66. The molecule has 0 N–H and O–H groups in total. The van der Waals surface area contributed by atoms with Gasteiger partial charge in [-0.15, -0.1) is 0 Å². The van der Waals surface area contributed by atoms with Crippen LogP contribution in [0, 0.1) is 0 Å².